The van der Waals surface area contributed by atoms with Crippen LogP contribution in [0.25, 0.3) is 0 Å². The van der Waals surface area contributed by atoms with Crippen molar-refractivity contribution in [1.29, 1.82) is 0 Å². The van der Waals surface area contributed by atoms with Crippen LogP contribution in [-0.2, 0) is 9.59 Å². The summed E-state index contributed by atoms with van der Waals surface area (Å²) >= 11 is 0. The van der Waals surface area contributed by atoms with Gasteiger partial charge < -0.3 is 15.1 Å². The van der Waals surface area contributed by atoms with Crippen molar-refractivity contribution in [3.63, 3.8) is 0 Å². The highest BCUT2D eigenvalue weighted by atomic mass is 16.4. The molecule has 0 heterocycles. The van der Waals surface area contributed by atoms with E-state index in [-0.39, 0.29) is 12.0 Å². The van der Waals surface area contributed by atoms with Crippen LogP contribution in [0.15, 0.2) is 11.6 Å². The topological polar surface area (TPSA) is 77.8 Å². The van der Waals surface area contributed by atoms with Gasteiger partial charge >= 0.3 is 11.9 Å². The lowest BCUT2D eigenvalue weighted by Crippen LogP contribution is -2.16. The van der Waals surface area contributed by atoms with Crippen LogP contribution in [0.4, 0.5) is 0 Å². The average molecular weight is 187 g/mol. The maximum atomic E-state index is 10.5. The second-order valence-electron chi connectivity index (χ2n) is 2.87. The molecule has 0 fully saturated rings. The van der Waals surface area contributed by atoms with Crippen molar-refractivity contribution in [2.24, 2.45) is 0 Å². The Morgan fingerprint density at radius 2 is 1.85 bits per heavy atom. The van der Waals surface area contributed by atoms with E-state index >= 15 is 0 Å². The van der Waals surface area contributed by atoms with Crippen LogP contribution in [0.3, 0.4) is 0 Å². The van der Waals surface area contributed by atoms with E-state index in [0.717, 1.165) is 6.08 Å². The van der Waals surface area contributed by atoms with Gasteiger partial charge in [-0.1, -0.05) is 0 Å². The van der Waals surface area contributed by atoms with E-state index < -0.39 is 11.9 Å². The SMILES string of the molecule is CN(C)CC/C(=C/C(=O)O)C(=O)O. The molecule has 0 aromatic carbocycles. The molecule has 0 bridgehead atoms. The van der Waals surface area contributed by atoms with Crippen molar-refractivity contribution in [3.05, 3.63) is 11.6 Å². The summed E-state index contributed by atoms with van der Waals surface area (Å²) in [5.74, 6) is -2.40. The van der Waals surface area contributed by atoms with Crippen LogP contribution in [-0.4, -0.2) is 47.7 Å². The molecule has 0 aromatic heterocycles. The highest BCUT2D eigenvalue weighted by molar-refractivity contribution is 5.94. The number of carbonyl (C=O) groups is 2. The van der Waals surface area contributed by atoms with Gasteiger partial charge in [-0.3, -0.25) is 0 Å². The Morgan fingerprint density at radius 3 is 2.15 bits per heavy atom. The zero-order valence-electron chi connectivity index (χ0n) is 7.65. The summed E-state index contributed by atoms with van der Waals surface area (Å²) in [4.78, 5) is 22.5. The molecule has 0 aliphatic heterocycles. The van der Waals surface area contributed by atoms with Gasteiger partial charge in [0.05, 0.1) is 0 Å². The first-order valence-corrected chi connectivity index (χ1v) is 3.75. The summed E-state index contributed by atoms with van der Waals surface area (Å²) in [6.07, 6.45) is 0.959. The molecule has 0 atom stereocenters. The van der Waals surface area contributed by atoms with E-state index in [1.165, 1.54) is 0 Å². The number of carboxylic acid groups (broad SMARTS) is 2. The van der Waals surface area contributed by atoms with Crippen LogP contribution >= 0.6 is 0 Å². The fourth-order valence-corrected chi connectivity index (χ4v) is 0.734. The molecule has 0 saturated carbocycles. The molecule has 0 saturated heterocycles. The third-order valence-corrected chi connectivity index (χ3v) is 1.40. The molecule has 5 heteroatoms. The summed E-state index contributed by atoms with van der Waals surface area (Å²) in [5, 5.41) is 16.9. The van der Waals surface area contributed by atoms with E-state index in [9.17, 15) is 9.59 Å². The largest absolute Gasteiger partial charge is 0.478 e. The highest BCUT2D eigenvalue weighted by Gasteiger charge is 2.09. The van der Waals surface area contributed by atoms with Gasteiger partial charge in [0.15, 0.2) is 0 Å². The molecule has 0 amide bonds. The molecule has 0 radical (unpaired) electrons. The Bertz CT molecular complexity index is 232. The van der Waals surface area contributed by atoms with Crippen molar-refractivity contribution in [2.45, 2.75) is 6.42 Å². The minimum atomic E-state index is -1.23. The minimum absolute atomic E-state index is 0.0822. The summed E-state index contributed by atoms with van der Waals surface area (Å²) in [5.41, 5.74) is -0.0822. The summed E-state index contributed by atoms with van der Waals surface area (Å²) < 4.78 is 0. The van der Waals surface area contributed by atoms with Crippen LogP contribution in [0, 0.1) is 0 Å². The van der Waals surface area contributed by atoms with E-state index in [1.54, 1.807) is 19.0 Å². The third-order valence-electron chi connectivity index (χ3n) is 1.40. The van der Waals surface area contributed by atoms with Gasteiger partial charge in [-0.15, -0.1) is 0 Å². The second-order valence-corrected chi connectivity index (χ2v) is 2.87. The highest BCUT2D eigenvalue weighted by Crippen LogP contribution is 2.01. The molecule has 13 heavy (non-hydrogen) atoms. The predicted octanol–water partition coefficient (Wildman–Crippen LogP) is 0.0337. The lowest BCUT2D eigenvalue weighted by molar-refractivity contribution is -0.135. The van der Waals surface area contributed by atoms with Crippen molar-refractivity contribution in [3.8, 4) is 0 Å². The molecule has 0 spiro atoms. The molecule has 5 nitrogen and oxygen atoms in total. The first-order chi connectivity index (χ1) is 5.93. The summed E-state index contributed by atoms with van der Waals surface area (Å²) in [7, 11) is 3.58. The van der Waals surface area contributed by atoms with Crippen molar-refractivity contribution < 1.29 is 19.8 Å². The van der Waals surface area contributed by atoms with Gasteiger partial charge in [0.1, 0.15) is 0 Å². The van der Waals surface area contributed by atoms with E-state index in [4.69, 9.17) is 10.2 Å². The third kappa shape index (κ3) is 5.86. The fourth-order valence-electron chi connectivity index (χ4n) is 0.734. The molecule has 74 valence electrons. The molecule has 0 unspecified atom stereocenters. The van der Waals surface area contributed by atoms with E-state index in [0.29, 0.717) is 6.54 Å². The Balaban J connectivity index is 4.28. The maximum absolute atomic E-state index is 10.5. The Hall–Kier alpha value is -1.36. The monoisotopic (exact) mass is 187 g/mol. The molecular formula is C8H13NO4. The van der Waals surface area contributed by atoms with Crippen molar-refractivity contribution in [2.75, 3.05) is 20.6 Å². The molecule has 0 rings (SSSR count). The lowest BCUT2D eigenvalue weighted by atomic mass is 10.2. The van der Waals surface area contributed by atoms with E-state index in [2.05, 4.69) is 0 Å². The van der Waals surface area contributed by atoms with Gasteiger partial charge in [0.2, 0.25) is 0 Å². The Kier molecular flexibility index (Phi) is 4.76. The zero-order valence-corrected chi connectivity index (χ0v) is 7.65. The normalized spacial score (nSPS) is 11.8. The zero-order chi connectivity index (χ0) is 10.4. The maximum Gasteiger partial charge on any atom is 0.331 e. The number of hydrogen-bond acceptors (Lipinski definition) is 3. The number of carboxylic acids is 2. The van der Waals surface area contributed by atoms with Crippen molar-refractivity contribution >= 4 is 11.9 Å². The van der Waals surface area contributed by atoms with Crippen LogP contribution in [0.2, 0.25) is 0 Å². The lowest BCUT2D eigenvalue weighted by Gasteiger charge is -2.08. The molecular weight excluding hydrogens is 174 g/mol. The smallest absolute Gasteiger partial charge is 0.331 e. The predicted molar refractivity (Wildman–Crippen MR) is 46.5 cm³/mol. The Morgan fingerprint density at radius 1 is 1.31 bits per heavy atom. The molecule has 0 aliphatic carbocycles. The van der Waals surface area contributed by atoms with Gasteiger partial charge in [0, 0.05) is 18.2 Å². The molecule has 0 aromatic rings. The van der Waals surface area contributed by atoms with Crippen LogP contribution in [0.5, 0.6) is 0 Å². The average Bonchev–Trinajstić information content (AvgIpc) is 1.96. The first-order valence-electron chi connectivity index (χ1n) is 3.75. The quantitative estimate of drug-likeness (QED) is 0.594. The van der Waals surface area contributed by atoms with Gasteiger partial charge in [-0.05, 0) is 20.5 Å². The number of hydrogen-bond donors (Lipinski definition) is 2. The molecule has 0 aliphatic rings. The van der Waals surface area contributed by atoms with Gasteiger partial charge in [0.25, 0.3) is 0 Å². The van der Waals surface area contributed by atoms with Gasteiger partial charge in [-0.25, -0.2) is 9.59 Å². The van der Waals surface area contributed by atoms with E-state index in [1.807, 2.05) is 0 Å². The Labute approximate surface area is 76.3 Å². The van der Waals surface area contributed by atoms with Gasteiger partial charge in [-0.2, -0.15) is 0 Å². The first kappa shape index (κ1) is 11.6. The fraction of sp³-hybridized carbons (Fsp3) is 0.500. The number of nitrogens with zero attached hydrogens (tertiary/aromatic N) is 1. The second kappa shape index (κ2) is 5.31. The number of aliphatic carboxylic acids is 2. The standard InChI is InChI=1S/C8H13NO4/c1-9(2)4-3-6(8(12)13)5-7(10)11/h5H,3-4H2,1-2H3,(H,10,11)(H,12,13)/b6-5-. The van der Waals surface area contributed by atoms with Crippen LogP contribution in [0.1, 0.15) is 6.42 Å². The number of rotatable bonds is 5. The summed E-state index contributed by atoms with van der Waals surface area (Å²) in [6.45, 7) is 0.519. The van der Waals surface area contributed by atoms with Crippen LogP contribution < -0.4 is 0 Å². The molecule has 2 N–H and O–H groups in total. The van der Waals surface area contributed by atoms with Crippen molar-refractivity contribution in [1.82, 2.24) is 4.90 Å². The summed E-state index contributed by atoms with van der Waals surface area (Å²) in [6, 6.07) is 0. The minimum Gasteiger partial charge on any atom is -0.478 e.